The standard InChI is InChI=1S/C18H20N4OS/c19-10-14-3-1-5-17(20-14)21-15-9-18(23-12-15)6-7-22(13-18)11-16-4-2-8-24-16/h1-5,8,15H,6-7,9,11-13H2,(H,20,21). The van der Waals surface area contributed by atoms with Gasteiger partial charge in [0, 0.05) is 30.9 Å². The summed E-state index contributed by atoms with van der Waals surface area (Å²) in [5.74, 6) is 0.758. The number of hydrogen-bond donors (Lipinski definition) is 1. The summed E-state index contributed by atoms with van der Waals surface area (Å²) < 4.78 is 6.20. The van der Waals surface area contributed by atoms with Gasteiger partial charge < -0.3 is 10.1 Å². The van der Waals surface area contributed by atoms with E-state index in [0.717, 1.165) is 38.3 Å². The number of rotatable bonds is 4. The van der Waals surface area contributed by atoms with Crippen LogP contribution in [0.4, 0.5) is 5.82 Å². The number of nitrogens with zero attached hydrogens (tertiary/aromatic N) is 3. The SMILES string of the molecule is N#Cc1cccc(NC2COC3(CCN(Cc4cccs4)C3)C2)n1. The third kappa shape index (κ3) is 3.29. The van der Waals surface area contributed by atoms with Gasteiger partial charge in [-0.3, -0.25) is 4.90 Å². The monoisotopic (exact) mass is 340 g/mol. The van der Waals surface area contributed by atoms with Gasteiger partial charge in [0.25, 0.3) is 0 Å². The summed E-state index contributed by atoms with van der Waals surface area (Å²) in [6.45, 7) is 3.81. The van der Waals surface area contributed by atoms with Crippen LogP contribution in [0.3, 0.4) is 0 Å². The molecule has 0 aromatic carbocycles. The molecular weight excluding hydrogens is 320 g/mol. The second-order valence-corrected chi connectivity index (χ2v) is 7.63. The van der Waals surface area contributed by atoms with Crippen LogP contribution >= 0.6 is 11.3 Å². The fraction of sp³-hybridized carbons (Fsp3) is 0.444. The normalized spacial score (nSPS) is 26.7. The fourth-order valence-electron chi connectivity index (χ4n) is 3.69. The summed E-state index contributed by atoms with van der Waals surface area (Å²) in [5.41, 5.74) is 0.415. The average molecular weight is 340 g/mol. The van der Waals surface area contributed by atoms with Crippen molar-refractivity contribution < 1.29 is 4.74 Å². The zero-order valence-electron chi connectivity index (χ0n) is 13.4. The molecule has 2 atom stereocenters. The van der Waals surface area contributed by atoms with E-state index >= 15 is 0 Å². The van der Waals surface area contributed by atoms with Crippen LogP contribution < -0.4 is 5.32 Å². The van der Waals surface area contributed by atoms with Crippen molar-refractivity contribution in [3.8, 4) is 6.07 Å². The van der Waals surface area contributed by atoms with Gasteiger partial charge in [-0.2, -0.15) is 5.26 Å². The Balaban J connectivity index is 1.35. The van der Waals surface area contributed by atoms with Crippen LogP contribution in [0, 0.1) is 11.3 Å². The summed E-state index contributed by atoms with van der Waals surface area (Å²) in [6.07, 6.45) is 2.08. The number of likely N-dealkylation sites (tertiary alicyclic amines) is 1. The van der Waals surface area contributed by atoms with Crippen LogP contribution in [-0.4, -0.2) is 41.2 Å². The Labute approximate surface area is 145 Å². The van der Waals surface area contributed by atoms with Crippen molar-refractivity contribution in [2.24, 2.45) is 0 Å². The molecule has 1 N–H and O–H groups in total. The predicted octanol–water partition coefficient (Wildman–Crippen LogP) is 2.86. The Morgan fingerprint density at radius 2 is 2.38 bits per heavy atom. The minimum atomic E-state index is -0.0260. The van der Waals surface area contributed by atoms with Crippen LogP contribution in [0.2, 0.25) is 0 Å². The highest BCUT2D eigenvalue weighted by molar-refractivity contribution is 7.09. The van der Waals surface area contributed by atoms with E-state index < -0.39 is 0 Å². The van der Waals surface area contributed by atoms with E-state index in [-0.39, 0.29) is 11.6 Å². The van der Waals surface area contributed by atoms with E-state index in [4.69, 9.17) is 10.00 Å². The largest absolute Gasteiger partial charge is 0.371 e. The lowest BCUT2D eigenvalue weighted by molar-refractivity contribution is 0.0120. The topological polar surface area (TPSA) is 61.2 Å². The van der Waals surface area contributed by atoms with Crippen LogP contribution in [-0.2, 0) is 11.3 Å². The summed E-state index contributed by atoms with van der Waals surface area (Å²) in [5, 5.41) is 14.5. The molecule has 2 saturated heterocycles. The van der Waals surface area contributed by atoms with Gasteiger partial charge in [0.1, 0.15) is 17.6 Å². The molecule has 2 fully saturated rings. The van der Waals surface area contributed by atoms with E-state index in [2.05, 4.69) is 38.8 Å². The highest BCUT2D eigenvalue weighted by Gasteiger charge is 2.45. The van der Waals surface area contributed by atoms with Crippen molar-refractivity contribution >= 4 is 17.2 Å². The predicted molar refractivity (Wildman–Crippen MR) is 93.9 cm³/mol. The lowest BCUT2D eigenvalue weighted by atomic mass is 9.97. The molecule has 124 valence electrons. The number of aromatic nitrogens is 1. The maximum atomic E-state index is 8.96. The third-order valence-corrected chi connectivity index (χ3v) is 5.64. The molecule has 2 aliphatic heterocycles. The van der Waals surface area contributed by atoms with Crippen LogP contribution in [0.15, 0.2) is 35.7 Å². The van der Waals surface area contributed by atoms with E-state index in [1.807, 2.05) is 23.5 Å². The van der Waals surface area contributed by atoms with Gasteiger partial charge in [-0.25, -0.2) is 4.98 Å². The summed E-state index contributed by atoms with van der Waals surface area (Å²) in [7, 11) is 0. The highest BCUT2D eigenvalue weighted by atomic mass is 32.1. The van der Waals surface area contributed by atoms with Crippen molar-refractivity contribution in [1.82, 2.24) is 9.88 Å². The van der Waals surface area contributed by atoms with Gasteiger partial charge in [0.05, 0.1) is 18.2 Å². The second-order valence-electron chi connectivity index (χ2n) is 6.60. The molecule has 24 heavy (non-hydrogen) atoms. The first-order valence-corrected chi connectivity index (χ1v) is 9.15. The summed E-state index contributed by atoms with van der Waals surface area (Å²) >= 11 is 1.82. The minimum Gasteiger partial charge on any atom is -0.371 e. The molecule has 6 heteroatoms. The third-order valence-electron chi connectivity index (χ3n) is 4.78. The molecular formula is C18H20N4OS. The Morgan fingerprint density at radius 1 is 1.42 bits per heavy atom. The molecule has 2 aromatic rings. The Bertz CT molecular complexity index is 742. The van der Waals surface area contributed by atoms with Crippen molar-refractivity contribution in [2.45, 2.75) is 31.0 Å². The quantitative estimate of drug-likeness (QED) is 0.927. The molecule has 0 bridgehead atoms. The Kier molecular flexibility index (Phi) is 4.23. The van der Waals surface area contributed by atoms with E-state index in [0.29, 0.717) is 12.3 Å². The molecule has 5 nitrogen and oxygen atoms in total. The average Bonchev–Trinajstić information content (AvgIpc) is 3.32. The molecule has 0 aliphatic carbocycles. The van der Waals surface area contributed by atoms with Crippen molar-refractivity contribution in [1.29, 1.82) is 5.26 Å². The zero-order chi connectivity index (χ0) is 16.4. The molecule has 2 aromatic heterocycles. The number of anilines is 1. The first-order valence-electron chi connectivity index (χ1n) is 8.27. The van der Waals surface area contributed by atoms with Crippen LogP contribution in [0.25, 0.3) is 0 Å². The lowest BCUT2D eigenvalue weighted by Gasteiger charge is -2.23. The number of thiophene rings is 1. The number of nitrogens with one attached hydrogen (secondary N) is 1. The first kappa shape index (κ1) is 15.6. The van der Waals surface area contributed by atoms with Crippen molar-refractivity contribution in [3.63, 3.8) is 0 Å². The maximum absolute atomic E-state index is 8.96. The number of hydrogen-bond acceptors (Lipinski definition) is 6. The summed E-state index contributed by atoms with van der Waals surface area (Å²) in [6, 6.07) is 12.1. The summed E-state index contributed by atoms with van der Waals surface area (Å²) in [4.78, 5) is 8.20. The van der Waals surface area contributed by atoms with Crippen LogP contribution in [0.1, 0.15) is 23.4 Å². The molecule has 0 amide bonds. The van der Waals surface area contributed by atoms with Gasteiger partial charge in [-0.15, -0.1) is 11.3 Å². The van der Waals surface area contributed by atoms with E-state index in [1.165, 1.54) is 4.88 Å². The first-order chi connectivity index (χ1) is 11.7. The van der Waals surface area contributed by atoms with Gasteiger partial charge in [-0.1, -0.05) is 12.1 Å². The molecule has 2 aliphatic rings. The Morgan fingerprint density at radius 3 is 3.21 bits per heavy atom. The van der Waals surface area contributed by atoms with Gasteiger partial charge in [0.2, 0.25) is 0 Å². The minimum absolute atomic E-state index is 0.0260. The van der Waals surface area contributed by atoms with E-state index in [9.17, 15) is 0 Å². The van der Waals surface area contributed by atoms with Crippen molar-refractivity contribution in [3.05, 3.63) is 46.3 Å². The fourth-order valence-corrected chi connectivity index (χ4v) is 4.44. The molecule has 2 unspecified atom stereocenters. The maximum Gasteiger partial charge on any atom is 0.142 e. The lowest BCUT2D eigenvalue weighted by Crippen LogP contribution is -2.33. The van der Waals surface area contributed by atoms with Gasteiger partial charge in [-0.05, 0) is 30.0 Å². The highest BCUT2D eigenvalue weighted by Crippen LogP contribution is 2.36. The number of pyridine rings is 1. The number of ether oxygens (including phenoxy) is 1. The molecule has 4 heterocycles. The molecule has 0 radical (unpaired) electrons. The Hall–Kier alpha value is -1.94. The van der Waals surface area contributed by atoms with Gasteiger partial charge in [0.15, 0.2) is 0 Å². The molecule has 1 spiro atoms. The molecule has 4 rings (SSSR count). The second kappa shape index (κ2) is 6.52. The number of nitriles is 1. The van der Waals surface area contributed by atoms with Gasteiger partial charge >= 0.3 is 0 Å². The molecule has 0 saturated carbocycles. The van der Waals surface area contributed by atoms with Crippen LogP contribution in [0.5, 0.6) is 0 Å². The smallest absolute Gasteiger partial charge is 0.142 e. The zero-order valence-corrected chi connectivity index (χ0v) is 14.3. The van der Waals surface area contributed by atoms with Crippen molar-refractivity contribution in [2.75, 3.05) is 25.0 Å². The van der Waals surface area contributed by atoms with E-state index in [1.54, 1.807) is 6.07 Å².